The van der Waals surface area contributed by atoms with E-state index < -0.39 is 0 Å². The van der Waals surface area contributed by atoms with E-state index in [9.17, 15) is 0 Å². The number of rotatable bonds is 2. The van der Waals surface area contributed by atoms with Crippen LogP contribution >= 0.6 is 12.4 Å². The number of hydrogen-bond donors (Lipinski definition) is 1. The smallest absolute Gasteiger partial charge is 0.0334 e. The molecule has 3 fully saturated rings. The first-order chi connectivity index (χ1) is 8.39. The Bertz CT molecular complexity index is 237. The van der Waals surface area contributed by atoms with Crippen LogP contribution in [0.2, 0.25) is 0 Å². The van der Waals surface area contributed by atoms with Crippen molar-refractivity contribution < 1.29 is 0 Å². The molecule has 1 spiro atoms. The van der Waals surface area contributed by atoms with E-state index in [2.05, 4.69) is 10.2 Å². The topological polar surface area (TPSA) is 15.3 Å². The summed E-state index contributed by atoms with van der Waals surface area (Å²) in [6.07, 6.45) is 13.3. The van der Waals surface area contributed by atoms with Gasteiger partial charge in [0.05, 0.1) is 0 Å². The van der Waals surface area contributed by atoms with Crippen LogP contribution in [-0.2, 0) is 0 Å². The molecule has 3 rings (SSSR count). The van der Waals surface area contributed by atoms with E-state index in [4.69, 9.17) is 0 Å². The second-order valence-electron chi connectivity index (χ2n) is 6.56. The van der Waals surface area contributed by atoms with Crippen LogP contribution in [0.3, 0.4) is 0 Å². The summed E-state index contributed by atoms with van der Waals surface area (Å²) in [5, 5.41) is 3.66. The fraction of sp³-hybridized carbons (Fsp3) is 1.00. The van der Waals surface area contributed by atoms with Crippen molar-refractivity contribution in [3.63, 3.8) is 0 Å². The number of piperazine rings is 1. The minimum Gasteiger partial charge on any atom is -0.314 e. The van der Waals surface area contributed by atoms with Crippen LogP contribution in [0.1, 0.15) is 57.8 Å². The Morgan fingerprint density at radius 3 is 2.44 bits per heavy atom. The lowest BCUT2D eigenvalue weighted by Gasteiger charge is -2.50. The van der Waals surface area contributed by atoms with E-state index in [1.807, 2.05) is 0 Å². The quantitative estimate of drug-likeness (QED) is 0.831. The van der Waals surface area contributed by atoms with Crippen LogP contribution in [0.15, 0.2) is 0 Å². The van der Waals surface area contributed by atoms with Crippen molar-refractivity contribution >= 4 is 12.4 Å². The Hall–Kier alpha value is 0.210. The Labute approximate surface area is 118 Å². The van der Waals surface area contributed by atoms with Crippen LogP contribution in [0.4, 0.5) is 0 Å². The summed E-state index contributed by atoms with van der Waals surface area (Å²) in [6.45, 7) is 5.19. The molecule has 106 valence electrons. The molecular weight excluding hydrogens is 244 g/mol. The third-order valence-corrected chi connectivity index (χ3v) is 5.42. The molecule has 0 aromatic rings. The van der Waals surface area contributed by atoms with Crippen molar-refractivity contribution in [2.24, 2.45) is 5.92 Å². The first kappa shape index (κ1) is 14.6. The highest BCUT2D eigenvalue weighted by Gasteiger charge is 2.40. The largest absolute Gasteiger partial charge is 0.314 e. The van der Waals surface area contributed by atoms with Crippen molar-refractivity contribution in [1.82, 2.24) is 10.2 Å². The lowest BCUT2D eigenvalue weighted by molar-refractivity contribution is 0.0160. The lowest BCUT2D eigenvalue weighted by Crippen LogP contribution is -2.62. The lowest BCUT2D eigenvalue weighted by atomic mass is 9.78. The van der Waals surface area contributed by atoms with Gasteiger partial charge in [0.25, 0.3) is 0 Å². The zero-order chi connectivity index (χ0) is 11.6. The Morgan fingerprint density at radius 1 is 1.00 bits per heavy atom. The minimum absolute atomic E-state index is 0. The zero-order valence-corrected chi connectivity index (χ0v) is 12.4. The third kappa shape index (κ3) is 3.02. The number of halogens is 1. The molecule has 3 aliphatic rings. The van der Waals surface area contributed by atoms with Crippen molar-refractivity contribution in [3.8, 4) is 0 Å². The minimum atomic E-state index is 0. The summed E-state index contributed by atoms with van der Waals surface area (Å²) >= 11 is 0. The molecule has 18 heavy (non-hydrogen) atoms. The zero-order valence-electron chi connectivity index (χ0n) is 11.6. The van der Waals surface area contributed by atoms with E-state index in [1.165, 1.54) is 84.0 Å². The maximum atomic E-state index is 3.66. The summed E-state index contributed by atoms with van der Waals surface area (Å²) in [5.41, 5.74) is 0.555. The summed E-state index contributed by atoms with van der Waals surface area (Å²) in [6, 6.07) is 0. The Morgan fingerprint density at radius 2 is 1.72 bits per heavy atom. The molecule has 0 amide bonds. The number of nitrogens with one attached hydrogen (secondary N) is 1. The third-order valence-electron chi connectivity index (χ3n) is 5.42. The molecule has 1 heterocycles. The SMILES string of the molecule is C1CCC2(CC1)CNCCN2CC1CCCC1.Cl. The highest BCUT2D eigenvalue weighted by molar-refractivity contribution is 5.85. The van der Waals surface area contributed by atoms with Gasteiger partial charge in [0, 0.05) is 31.7 Å². The molecule has 0 atom stereocenters. The van der Waals surface area contributed by atoms with Gasteiger partial charge in [-0.2, -0.15) is 0 Å². The van der Waals surface area contributed by atoms with Crippen LogP contribution < -0.4 is 5.32 Å². The predicted octanol–water partition coefficient (Wildman–Crippen LogP) is 3.21. The second kappa shape index (κ2) is 6.58. The highest BCUT2D eigenvalue weighted by Crippen LogP contribution is 2.36. The number of hydrogen-bond acceptors (Lipinski definition) is 2. The van der Waals surface area contributed by atoms with Crippen LogP contribution in [0, 0.1) is 5.92 Å². The van der Waals surface area contributed by atoms with E-state index in [1.54, 1.807) is 0 Å². The maximum Gasteiger partial charge on any atom is 0.0334 e. The van der Waals surface area contributed by atoms with Gasteiger partial charge in [0.1, 0.15) is 0 Å². The fourth-order valence-corrected chi connectivity index (χ4v) is 4.38. The number of nitrogens with zero attached hydrogens (tertiary/aromatic N) is 1. The molecule has 0 aromatic carbocycles. The maximum absolute atomic E-state index is 3.66. The van der Waals surface area contributed by atoms with Crippen molar-refractivity contribution in [2.75, 3.05) is 26.2 Å². The van der Waals surface area contributed by atoms with Crippen molar-refractivity contribution in [2.45, 2.75) is 63.3 Å². The summed E-state index contributed by atoms with van der Waals surface area (Å²) in [5.74, 6) is 1.02. The van der Waals surface area contributed by atoms with Gasteiger partial charge >= 0.3 is 0 Å². The van der Waals surface area contributed by atoms with Gasteiger partial charge in [-0.1, -0.05) is 32.1 Å². The molecule has 0 bridgehead atoms. The van der Waals surface area contributed by atoms with Gasteiger partial charge < -0.3 is 5.32 Å². The van der Waals surface area contributed by atoms with Crippen LogP contribution in [-0.4, -0.2) is 36.6 Å². The van der Waals surface area contributed by atoms with Crippen LogP contribution in [0.5, 0.6) is 0 Å². The van der Waals surface area contributed by atoms with Gasteiger partial charge in [-0.15, -0.1) is 12.4 Å². The molecule has 0 aromatic heterocycles. The highest BCUT2D eigenvalue weighted by atomic mass is 35.5. The van der Waals surface area contributed by atoms with E-state index in [-0.39, 0.29) is 12.4 Å². The van der Waals surface area contributed by atoms with Crippen molar-refractivity contribution in [1.29, 1.82) is 0 Å². The van der Waals surface area contributed by atoms with Gasteiger partial charge in [-0.05, 0) is 31.6 Å². The molecule has 0 radical (unpaired) electrons. The molecule has 1 N–H and O–H groups in total. The fourth-order valence-electron chi connectivity index (χ4n) is 4.38. The van der Waals surface area contributed by atoms with E-state index in [0.717, 1.165) is 5.92 Å². The van der Waals surface area contributed by atoms with Gasteiger partial charge in [-0.25, -0.2) is 0 Å². The first-order valence-corrected chi connectivity index (χ1v) is 7.85. The van der Waals surface area contributed by atoms with Gasteiger partial charge in [-0.3, -0.25) is 4.90 Å². The molecular formula is C15H29ClN2. The van der Waals surface area contributed by atoms with Gasteiger partial charge in [0.15, 0.2) is 0 Å². The Kier molecular flexibility index (Phi) is 5.35. The molecule has 3 heteroatoms. The standard InChI is InChI=1S/C15H28N2.ClH/c1-4-8-15(9-5-1)13-16-10-11-17(15)12-14-6-2-3-7-14;/h14,16H,1-13H2;1H. The summed E-state index contributed by atoms with van der Waals surface area (Å²) in [4.78, 5) is 2.89. The molecule has 0 unspecified atom stereocenters. The summed E-state index contributed by atoms with van der Waals surface area (Å²) in [7, 11) is 0. The van der Waals surface area contributed by atoms with E-state index >= 15 is 0 Å². The average Bonchev–Trinajstić information content (AvgIpc) is 2.86. The molecule has 1 aliphatic heterocycles. The summed E-state index contributed by atoms with van der Waals surface area (Å²) < 4.78 is 0. The average molecular weight is 273 g/mol. The predicted molar refractivity (Wildman–Crippen MR) is 79.5 cm³/mol. The molecule has 1 saturated heterocycles. The van der Waals surface area contributed by atoms with E-state index in [0.29, 0.717) is 5.54 Å². The molecule has 2 aliphatic carbocycles. The first-order valence-electron chi connectivity index (χ1n) is 7.85. The van der Waals surface area contributed by atoms with Crippen molar-refractivity contribution in [3.05, 3.63) is 0 Å². The van der Waals surface area contributed by atoms with Crippen LogP contribution in [0.25, 0.3) is 0 Å². The molecule has 2 saturated carbocycles. The molecule has 2 nitrogen and oxygen atoms in total. The second-order valence-corrected chi connectivity index (χ2v) is 6.56. The monoisotopic (exact) mass is 272 g/mol. The normalized spacial score (nSPS) is 29.3. The Balaban J connectivity index is 0.00000120. The van der Waals surface area contributed by atoms with Gasteiger partial charge in [0.2, 0.25) is 0 Å².